The maximum Gasteiger partial charge on any atom is 0.328 e. The van der Waals surface area contributed by atoms with Gasteiger partial charge in [0.15, 0.2) is 0 Å². The lowest BCUT2D eigenvalue weighted by atomic mass is 9.87. The van der Waals surface area contributed by atoms with Crippen molar-refractivity contribution in [3.05, 3.63) is 87.7 Å². The van der Waals surface area contributed by atoms with E-state index < -0.39 is 22.8 Å². The molecule has 0 aliphatic heterocycles. The highest BCUT2D eigenvalue weighted by atomic mass is 35.5. The monoisotopic (exact) mass is 547 g/mol. The van der Waals surface area contributed by atoms with Gasteiger partial charge in [0.1, 0.15) is 6.04 Å². The van der Waals surface area contributed by atoms with Gasteiger partial charge >= 0.3 is 5.97 Å². The van der Waals surface area contributed by atoms with Crippen molar-refractivity contribution >= 4 is 40.1 Å². The van der Waals surface area contributed by atoms with Gasteiger partial charge in [-0.25, -0.2) is 4.79 Å². The molecule has 1 unspecified atom stereocenters. The zero-order valence-corrected chi connectivity index (χ0v) is 23.9. The van der Waals surface area contributed by atoms with Crippen LogP contribution in [0.2, 0.25) is 0 Å². The summed E-state index contributed by atoms with van der Waals surface area (Å²) >= 11 is 6.63. The number of nitrogens with one attached hydrogen (secondary N) is 1. The van der Waals surface area contributed by atoms with Crippen LogP contribution in [0.5, 0.6) is 0 Å². The largest absolute Gasteiger partial charge is 0.467 e. The number of benzene rings is 2. The summed E-state index contributed by atoms with van der Waals surface area (Å²) in [6.45, 7) is 3.62. The average Bonchev–Trinajstić information content (AvgIpc) is 2.89. The third-order valence-electron chi connectivity index (χ3n) is 7.23. The molecule has 0 radical (unpaired) electrons. The molecule has 3 aromatic rings. The van der Waals surface area contributed by atoms with Gasteiger partial charge in [0.05, 0.1) is 17.5 Å². The van der Waals surface area contributed by atoms with Gasteiger partial charge in [0.25, 0.3) is 5.56 Å². The number of carbonyl (C=O) groups is 2. The van der Waals surface area contributed by atoms with Gasteiger partial charge in [-0.1, -0.05) is 36.4 Å². The average molecular weight is 548 g/mol. The number of carbonyl (C=O) groups excluding carboxylic acids is 2. The molecule has 0 bridgehead atoms. The molecule has 8 heteroatoms. The molecule has 4 rings (SSSR count). The third kappa shape index (κ3) is 5.78. The van der Waals surface area contributed by atoms with E-state index in [0.29, 0.717) is 17.6 Å². The van der Waals surface area contributed by atoms with Crippen LogP contribution in [-0.4, -0.2) is 48.6 Å². The number of fused-ring (bicyclic) bond motifs is 1. The van der Waals surface area contributed by atoms with E-state index in [2.05, 4.69) is 11.4 Å². The van der Waals surface area contributed by atoms with E-state index in [9.17, 15) is 14.4 Å². The first kappa shape index (κ1) is 28.2. The van der Waals surface area contributed by atoms with Crippen LogP contribution < -0.4 is 15.8 Å². The number of anilines is 1. The summed E-state index contributed by atoms with van der Waals surface area (Å²) in [4.78, 5) is 40.1. The van der Waals surface area contributed by atoms with Gasteiger partial charge < -0.3 is 19.5 Å². The highest BCUT2D eigenvalue weighted by Gasteiger charge is 2.35. The molecule has 1 aromatic heterocycles. The number of aromatic nitrogens is 1. The number of pyridine rings is 1. The number of ether oxygens (including phenoxy) is 1. The smallest absolute Gasteiger partial charge is 0.328 e. The molecule has 1 amide bonds. The van der Waals surface area contributed by atoms with Crippen molar-refractivity contribution in [2.75, 3.05) is 26.1 Å². The molecule has 1 aliphatic carbocycles. The molecule has 39 heavy (non-hydrogen) atoms. The van der Waals surface area contributed by atoms with Crippen molar-refractivity contribution < 1.29 is 14.3 Å². The van der Waals surface area contributed by atoms with Gasteiger partial charge in [0, 0.05) is 49.8 Å². The molecule has 2 aromatic carbocycles. The molecule has 0 spiro atoms. The SMILES string of the molecule is COC(=O)[C@H](Cc1ccc(-c2cc3cc(N(C)C)ccc3n(C)c2=O)cc1)NC(=O)C1=C(C)C=CCC1(C)Cl. The van der Waals surface area contributed by atoms with Crippen LogP contribution in [0.4, 0.5) is 5.69 Å². The quantitative estimate of drug-likeness (QED) is 0.341. The molecule has 0 fully saturated rings. The fraction of sp³-hybridized carbons (Fsp3) is 0.323. The number of alkyl halides is 1. The van der Waals surface area contributed by atoms with Crippen LogP contribution in [0.25, 0.3) is 22.0 Å². The first-order valence-corrected chi connectivity index (χ1v) is 13.2. The van der Waals surface area contributed by atoms with Gasteiger partial charge in [-0.2, -0.15) is 0 Å². The van der Waals surface area contributed by atoms with Crippen LogP contribution in [0.1, 0.15) is 25.8 Å². The number of nitrogens with zero attached hydrogens (tertiary/aromatic N) is 2. The van der Waals surface area contributed by atoms with Crippen molar-refractivity contribution in [1.29, 1.82) is 0 Å². The summed E-state index contributed by atoms with van der Waals surface area (Å²) in [5.41, 5.74) is 5.17. The summed E-state index contributed by atoms with van der Waals surface area (Å²) in [5, 5.41) is 3.78. The molecule has 2 atom stereocenters. The molecular weight excluding hydrogens is 514 g/mol. The lowest BCUT2D eigenvalue weighted by Gasteiger charge is -2.29. The summed E-state index contributed by atoms with van der Waals surface area (Å²) in [7, 11) is 7.02. The van der Waals surface area contributed by atoms with E-state index in [1.165, 1.54) is 7.11 Å². The Morgan fingerprint density at radius 3 is 2.46 bits per heavy atom. The summed E-state index contributed by atoms with van der Waals surface area (Å²) in [6.07, 6.45) is 4.54. The molecule has 204 valence electrons. The lowest BCUT2D eigenvalue weighted by molar-refractivity contribution is -0.144. The highest BCUT2D eigenvalue weighted by molar-refractivity contribution is 6.29. The van der Waals surface area contributed by atoms with Crippen LogP contribution in [-0.2, 0) is 27.8 Å². The predicted octanol–water partition coefficient (Wildman–Crippen LogP) is 4.75. The summed E-state index contributed by atoms with van der Waals surface area (Å²) < 4.78 is 6.63. The second-order valence-corrected chi connectivity index (χ2v) is 11.2. The molecule has 1 aliphatic rings. The Hall–Kier alpha value is -3.84. The van der Waals surface area contributed by atoms with Crippen molar-refractivity contribution in [2.45, 2.75) is 37.6 Å². The van der Waals surface area contributed by atoms with Crippen molar-refractivity contribution in [2.24, 2.45) is 7.05 Å². The van der Waals surface area contributed by atoms with E-state index in [4.69, 9.17) is 16.3 Å². The molecular formula is C31H34ClN3O4. The first-order valence-electron chi connectivity index (χ1n) is 12.8. The normalized spacial score (nSPS) is 17.7. The van der Waals surface area contributed by atoms with E-state index in [-0.39, 0.29) is 12.0 Å². The minimum Gasteiger partial charge on any atom is -0.467 e. The van der Waals surface area contributed by atoms with E-state index in [1.54, 1.807) is 18.5 Å². The Balaban J connectivity index is 1.61. The number of rotatable bonds is 7. The van der Waals surface area contributed by atoms with Crippen molar-refractivity contribution in [3.63, 3.8) is 0 Å². The van der Waals surface area contributed by atoms with E-state index >= 15 is 0 Å². The predicted molar refractivity (Wildman–Crippen MR) is 157 cm³/mol. The fourth-order valence-electron chi connectivity index (χ4n) is 5.05. The van der Waals surface area contributed by atoms with Crippen LogP contribution in [0.15, 0.2) is 76.6 Å². The summed E-state index contributed by atoms with van der Waals surface area (Å²) in [6, 6.07) is 14.4. The van der Waals surface area contributed by atoms with Gasteiger partial charge in [0.2, 0.25) is 5.91 Å². The van der Waals surface area contributed by atoms with Gasteiger partial charge in [-0.15, -0.1) is 11.6 Å². The number of allylic oxidation sites excluding steroid dienone is 3. The van der Waals surface area contributed by atoms with Crippen LogP contribution >= 0.6 is 11.6 Å². The Labute approximate surface area is 233 Å². The Morgan fingerprint density at radius 2 is 1.85 bits per heavy atom. The molecule has 0 saturated heterocycles. The molecule has 1 N–H and O–H groups in total. The number of hydrogen-bond donors (Lipinski definition) is 1. The lowest BCUT2D eigenvalue weighted by Crippen LogP contribution is -2.46. The zero-order valence-electron chi connectivity index (χ0n) is 23.2. The second kappa shape index (κ2) is 11.1. The van der Waals surface area contributed by atoms with Crippen LogP contribution in [0, 0.1) is 0 Å². The molecule has 7 nitrogen and oxygen atoms in total. The summed E-state index contributed by atoms with van der Waals surface area (Å²) in [5.74, 6) is -0.938. The second-order valence-electron chi connectivity index (χ2n) is 10.4. The number of methoxy groups -OCH3 is 1. The topological polar surface area (TPSA) is 80.6 Å². The maximum atomic E-state index is 13.2. The van der Waals surface area contributed by atoms with E-state index in [1.807, 2.05) is 80.5 Å². The number of halogens is 1. The number of hydrogen-bond acceptors (Lipinski definition) is 5. The Bertz CT molecular complexity index is 1550. The number of aryl methyl sites for hydroxylation is 1. The zero-order chi connectivity index (χ0) is 28.5. The fourth-order valence-corrected chi connectivity index (χ4v) is 5.37. The van der Waals surface area contributed by atoms with Gasteiger partial charge in [-0.05, 0) is 61.2 Å². The first-order chi connectivity index (χ1) is 18.4. The van der Waals surface area contributed by atoms with Crippen molar-refractivity contribution in [1.82, 2.24) is 9.88 Å². The Kier molecular flexibility index (Phi) is 8.02. The number of esters is 1. The standard InChI is InChI=1S/C31H34ClN3O4/c1-19-8-7-15-31(2,32)27(19)28(36)33-25(30(38)39-6)16-20-9-11-21(12-10-20)24-18-22-17-23(34(3)4)13-14-26(22)35(5)29(24)37/h7-14,17-18,25H,15-16H2,1-6H3,(H,33,36)/t25-,31?/m0/s1. The highest BCUT2D eigenvalue weighted by Crippen LogP contribution is 2.35. The number of amides is 1. The minimum absolute atomic E-state index is 0.0955. The van der Waals surface area contributed by atoms with Crippen molar-refractivity contribution in [3.8, 4) is 11.1 Å². The molecule has 1 heterocycles. The van der Waals surface area contributed by atoms with Crippen LogP contribution in [0.3, 0.4) is 0 Å². The third-order valence-corrected chi connectivity index (χ3v) is 7.57. The minimum atomic E-state index is -0.898. The Morgan fingerprint density at radius 1 is 1.15 bits per heavy atom. The maximum absolute atomic E-state index is 13.2. The van der Waals surface area contributed by atoms with E-state index in [0.717, 1.165) is 33.3 Å². The van der Waals surface area contributed by atoms with Gasteiger partial charge in [-0.3, -0.25) is 9.59 Å². The molecule has 0 saturated carbocycles.